The third-order valence-electron chi connectivity index (χ3n) is 4.00. The molecular weight excluding hydrogens is 288 g/mol. The number of hydrogen-bond donors (Lipinski definition) is 1. The van der Waals surface area contributed by atoms with E-state index in [1.54, 1.807) is 6.07 Å². The van der Waals surface area contributed by atoms with Gasteiger partial charge in [0.05, 0.1) is 0 Å². The number of nitrogens with one attached hydrogen (secondary N) is 1. The van der Waals surface area contributed by atoms with Crippen LogP contribution in [0.2, 0.25) is 0 Å². The van der Waals surface area contributed by atoms with Crippen molar-refractivity contribution in [3.8, 4) is 0 Å². The number of carbonyl (C=O) groups excluding carboxylic acids is 1. The maximum absolute atomic E-state index is 12.6. The average Bonchev–Trinajstić information content (AvgIpc) is 2.52. The summed E-state index contributed by atoms with van der Waals surface area (Å²) in [5, 5.41) is 2.95. The number of anilines is 2. The molecule has 0 fully saturated rings. The molecule has 0 saturated heterocycles. The molecule has 5 heteroatoms. The molecule has 1 aromatic carbocycles. The molecule has 0 aliphatic carbocycles. The quantitative estimate of drug-likeness (QED) is 0.918. The zero-order chi connectivity index (χ0) is 17.0. The van der Waals surface area contributed by atoms with Gasteiger partial charge in [-0.25, -0.2) is 9.97 Å². The van der Waals surface area contributed by atoms with Crippen LogP contribution in [0.1, 0.15) is 41.3 Å². The zero-order valence-corrected chi connectivity index (χ0v) is 14.5. The van der Waals surface area contributed by atoms with Crippen molar-refractivity contribution in [2.24, 2.45) is 0 Å². The fraction of sp³-hybridized carbons (Fsp3) is 0.389. The van der Waals surface area contributed by atoms with Crippen molar-refractivity contribution >= 4 is 17.4 Å². The Morgan fingerprint density at radius 2 is 1.83 bits per heavy atom. The van der Waals surface area contributed by atoms with Crippen LogP contribution in [0.3, 0.4) is 0 Å². The molecule has 5 nitrogen and oxygen atoms in total. The molecule has 0 saturated carbocycles. The summed E-state index contributed by atoms with van der Waals surface area (Å²) in [7, 11) is 0. The van der Waals surface area contributed by atoms with Gasteiger partial charge in [-0.2, -0.15) is 0 Å². The number of nitrogens with zero attached hydrogens (tertiary/aromatic N) is 3. The van der Waals surface area contributed by atoms with Crippen LogP contribution in [0.4, 0.5) is 11.5 Å². The second kappa shape index (κ2) is 7.22. The van der Waals surface area contributed by atoms with Crippen LogP contribution in [0.25, 0.3) is 0 Å². The Balaban J connectivity index is 2.30. The smallest absolute Gasteiger partial charge is 0.274 e. The van der Waals surface area contributed by atoms with Gasteiger partial charge in [0.1, 0.15) is 17.3 Å². The molecule has 0 spiro atoms. The van der Waals surface area contributed by atoms with Crippen LogP contribution in [-0.4, -0.2) is 29.0 Å². The summed E-state index contributed by atoms with van der Waals surface area (Å²) in [6, 6.07) is 7.61. The zero-order valence-electron chi connectivity index (χ0n) is 14.5. The predicted molar refractivity (Wildman–Crippen MR) is 94.2 cm³/mol. The molecule has 0 atom stereocenters. The van der Waals surface area contributed by atoms with Crippen molar-refractivity contribution in [1.29, 1.82) is 0 Å². The molecule has 0 unspecified atom stereocenters. The highest BCUT2D eigenvalue weighted by Gasteiger charge is 2.14. The molecule has 1 aromatic heterocycles. The summed E-state index contributed by atoms with van der Waals surface area (Å²) in [5.74, 6) is 1.17. The number of aromatic nitrogens is 2. The lowest BCUT2D eigenvalue weighted by Crippen LogP contribution is -2.25. The maximum Gasteiger partial charge on any atom is 0.274 e. The molecular formula is C18H24N4O. The first-order valence-electron chi connectivity index (χ1n) is 7.94. The Kier molecular flexibility index (Phi) is 5.32. The maximum atomic E-state index is 12.6. The summed E-state index contributed by atoms with van der Waals surface area (Å²) < 4.78 is 0. The summed E-state index contributed by atoms with van der Waals surface area (Å²) in [6.07, 6.45) is 0. The summed E-state index contributed by atoms with van der Waals surface area (Å²) in [4.78, 5) is 23.4. The standard InChI is InChI=1S/C18H24N4O/c1-6-22(7-2)17-11-16(19-14(5)20-17)18(23)21-15-10-8-9-12(3)13(15)4/h8-11H,6-7H2,1-5H3,(H,21,23). The molecule has 122 valence electrons. The van der Waals surface area contributed by atoms with Crippen LogP contribution >= 0.6 is 0 Å². The summed E-state index contributed by atoms with van der Waals surface area (Å²) in [6.45, 7) is 11.6. The monoisotopic (exact) mass is 312 g/mol. The number of carbonyl (C=O) groups is 1. The minimum atomic E-state index is -0.211. The highest BCUT2D eigenvalue weighted by atomic mass is 16.1. The van der Waals surface area contributed by atoms with Gasteiger partial charge >= 0.3 is 0 Å². The Bertz CT molecular complexity index is 708. The second-order valence-electron chi connectivity index (χ2n) is 5.53. The topological polar surface area (TPSA) is 58.1 Å². The van der Waals surface area contributed by atoms with Gasteiger partial charge in [-0.15, -0.1) is 0 Å². The molecule has 1 heterocycles. The average molecular weight is 312 g/mol. The number of rotatable bonds is 5. The van der Waals surface area contributed by atoms with Crippen molar-refractivity contribution in [3.05, 3.63) is 46.9 Å². The van der Waals surface area contributed by atoms with Crippen LogP contribution < -0.4 is 10.2 Å². The Labute approximate surface area is 137 Å². The minimum absolute atomic E-state index is 0.211. The molecule has 0 aliphatic rings. The lowest BCUT2D eigenvalue weighted by atomic mass is 10.1. The largest absolute Gasteiger partial charge is 0.357 e. The van der Waals surface area contributed by atoms with Crippen molar-refractivity contribution in [3.63, 3.8) is 0 Å². The molecule has 0 bridgehead atoms. The first-order valence-corrected chi connectivity index (χ1v) is 7.94. The molecule has 0 aliphatic heterocycles. The SMILES string of the molecule is CCN(CC)c1cc(C(=O)Nc2cccc(C)c2C)nc(C)n1. The third kappa shape index (κ3) is 3.86. The first-order chi connectivity index (χ1) is 11.0. The van der Waals surface area contributed by atoms with Crippen molar-refractivity contribution < 1.29 is 4.79 Å². The lowest BCUT2D eigenvalue weighted by molar-refractivity contribution is 0.102. The van der Waals surface area contributed by atoms with Crippen LogP contribution in [0.5, 0.6) is 0 Å². The Morgan fingerprint density at radius 3 is 2.48 bits per heavy atom. The van der Waals surface area contributed by atoms with E-state index in [2.05, 4.69) is 34.0 Å². The first kappa shape index (κ1) is 16.9. The third-order valence-corrected chi connectivity index (χ3v) is 4.00. The van der Waals surface area contributed by atoms with E-state index in [0.717, 1.165) is 35.7 Å². The van der Waals surface area contributed by atoms with Gasteiger partial charge in [-0.05, 0) is 51.8 Å². The van der Waals surface area contributed by atoms with E-state index in [1.807, 2.05) is 39.0 Å². The van der Waals surface area contributed by atoms with Crippen LogP contribution in [0, 0.1) is 20.8 Å². The van der Waals surface area contributed by atoms with Crippen molar-refractivity contribution in [1.82, 2.24) is 9.97 Å². The van der Waals surface area contributed by atoms with Gasteiger partial charge in [0.15, 0.2) is 0 Å². The minimum Gasteiger partial charge on any atom is -0.357 e. The fourth-order valence-electron chi connectivity index (χ4n) is 2.45. The Hall–Kier alpha value is -2.43. The van der Waals surface area contributed by atoms with Gasteiger partial charge in [0, 0.05) is 24.8 Å². The lowest BCUT2D eigenvalue weighted by Gasteiger charge is -2.20. The van der Waals surface area contributed by atoms with Crippen LogP contribution in [-0.2, 0) is 0 Å². The molecule has 0 radical (unpaired) electrons. The highest BCUT2D eigenvalue weighted by Crippen LogP contribution is 2.19. The van der Waals surface area contributed by atoms with E-state index >= 15 is 0 Å². The van der Waals surface area contributed by atoms with Crippen molar-refractivity contribution in [2.75, 3.05) is 23.3 Å². The highest BCUT2D eigenvalue weighted by molar-refractivity contribution is 6.03. The van der Waals surface area contributed by atoms with E-state index in [9.17, 15) is 4.79 Å². The van der Waals surface area contributed by atoms with E-state index in [1.165, 1.54) is 0 Å². The van der Waals surface area contributed by atoms with Gasteiger partial charge in [-0.1, -0.05) is 12.1 Å². The van der Waals surface area contributed by atoms with Gasteiger partial charge in [-0.3, -0.25) is 4.79 Å². The van der Waals surface area contributed by atoms with Gasteiger partial charge in [0.2, 0.25) is 0 Å². The van der Waals surface area contributed by atoms with E-state index < -0.39 is 0 Å². The number of amides is 1. The number of benzene rings is 1. The normalized spacial score (nSPS) is 10.5. The number of hydrogen-bond acceptors (Lipinski definition) is 4. The molecule has 23 heavy (non-hydrogen) atoms. The second-order valence-corrected chi connectivity index (χ2v) is 5.53. The van der Waals surface area contributed by atoms with Gasteiger partial charge in [0.25, 0.3) is 5.91 Å². The van der Waals surface area contributed by atoms with Crippen molar-refractivity contribution in [2.45, 2.75) is 34.6 Å². The molecule has 2 aromatic rings. The summed E-state index contributed by atoms with van der Waals surface area (Å²) in [5.41, 5.74) is 3.41. The summed E-state index contributed by atoms with van der Waals surface area (Å²) >= 11 is 0. The Morgan fingerprint density at radius 1 is 1.13 bits per heavy atom. The molecule has 2 rings (SSSR count). The van der Waals surface area contributed by atoms with Crippen LogP contribution in [0.15, 0.2) is 24.3 Å². The molecule has 1 N–H and O–H groups in total. The molecule has 1 amide bonds. The van der Waals surface area contributed by atoms with E-state index in [4.69, 9.17) is 0 Å². The fourth-order valence-corrected chi connectivity index (χ4v) is 2.45. The van der Waals surface area contributed by atoms with E-state index in [0.29, 0.717) is 11.5 Å². The number of aryl methyl sites for hydroxylation is 2. The predicted octanol–water partition coefficient (Wildman–Crippen LogP) is 3.50. The van der Waals surface area contributed by atoms with Gasteiger partial charge < -0.3 is 10.2 Å². The van der Waals surface area contributed by atoms with E-state index in [-0.39, 0.29) is 5.91 Å².